The monoisotopic (exact) mass is 169 g/mol. The number of hydrogen-bond donors (Lipinski definition) is 0. The van der Waals surface area contributed by atoms with Crippen LogP contribution >= 0.6 is 0 Å². The van der Waals surface area contributed by atoms with Crippen molar-refractivity contribution < 1.29 is 4.74 Å². The second kappa shape index (κ2) is 4.06. The second-order valence-electron chi connectivity index (χ2n) is 3.64. The maximum atomic E-state index is 5.48. The SMILES string of the molecule is C=CCN1CCOCC1(C)CC. The smallest absolute Gasteiger partial charge is 0.0648 e. The van der Waals surface area contributed by atoms with Crippen molar-refractivity contribution >= 4 is 0 Å². The molecule has 1 saturated heterocycles. The zero-order chi connectivity index (χ0) is 9.03. The third kappa shape index (κ3) is 1.87. The Labute approximate surface area is 75.2 Å². The molecule has 0 amide bonds. The van der Waals surface area contributed by atoms with Gasteiger partial charge < -0.3 is 4.74 Å². The van der Waals surface area contributed by atoms with E-state index in [0.717, 1.165) is 32.7 Å². The van der Waals surface area contributed by atoms with Crippen LogP contribution in [0.25, 0.3) is 0 Å². The predicted molar refractivity (Wildman–Crippen MR) is 51.3 cm³/mol. The first-order chi connectivity index (χ1) is 5.73. The molecule has 0 aromatic rings. The van der Waals surface area contributed by atoms with Gasteiger partial charge in [-0.15, -0.1) is 6.58 Å². The van der Waals surface area contributed by atoms with Gasteiger partial charge in [-0.25, -0.2) is 0 Å². The zero-order valence-electron chi connectivity index (χ0n) is 8.18. The van der Waals surface area contributed by atoms with Crippen LogP contribution in [0.3, 0.4) is 0 Å². The van der Waals surface area contributed by atoms with Gasteiger partial charge in [0, 0.05) is 18.6 Å². The van der Waals surface area contributed by atoms with Gasteiger partial charge in [0.2, 0.25) is 0 Å². The maximum Gasteiger partial charge on any atom is 0.0648 e. The molecule has 0 radical (unpaired) electrons. The van der Waals surface area contributed by atoms with Gasteiger partial charge in [0.15, 0.2) is 0 Å². The average molecular weight is 169 g/mol. The Kier molecular flexibility index (Phi) is 3.29. The molecule has 12 heavy (non-hydrogen) atoms. The van der Waals surface area contributed by atoms with Crippen molar-refractivity contribution in [2.75, 3.05) is 26.3 Å². The van der Waals surface area contributed by atoms with Crippen LogP contribution in [0.15, 0.2) is 12.7 Å². The van der Waals surface area contributed by atoms with Gasteiger partial charge in [-0.3, -0.25) is 4.90 Å². The Hall–Kier alpha value is -0.340. The molecule has 0 aromatic carbocycles. The molecule has 0 aromatic heterocycles. The summed E-state index contributed by atoms with van der Waals surface area (Å²) in [7, 11) is 0. The summed E-state index contributed by atoms with van der Waals surface area (Å²) in [6.45, 7) is 12.0. The Morgan fingerprint density at radius 2 is 2.42 bits per heavy atom. The van der Waals surface area contributed by atoms with Crippen molar-refractivity contribution in [3.63, 3.8) is 0 Å². The van der Waals surface area contributed by atoms with Crippen molar-refractivity contribution in [3.05, 3.63) is 12.7 Å². The predicted octanol–water partition coefficient (Wildman–Crippen LogP) is 1.67. The summed E-state index contributed by atoms with van der Waals surface area (Å²) in [6.07, 6.45) is 3.11. The summed E-state index contributed by atoms with van der Waals surface area (Å²) in [4.78, 5) is 2.45. The molecule has 1 aliphatic heterocycles. The van der Waals surface area contributed by atoms with E-state index in [1.807, 2.05) is 6.08 Å². The Bertz CT molecular complexity index is 158. The molecule has 0 bridgehead atoms. The van der Waals surface area contributed by atoms with Crippen LogP contribution in [0.1, 0.15) is 20.3 Å². The third-order valence-electron chi connectivity index (χ3n) is 2.79. The molecular formula is C10H19NO. The molecule has 0 saturated carbocycles. The number of nitrogens with zero attached hydrogens (tertiary/aromatic N) is 1. The number of rotatable bonds is 3. The van der Waals surface area contributed by atoms with E-state index in [0.29, 0.717) is 0 Å². The van der Waals surface area contributed by atoms with Crippen LogP contribution < -0.4 is 0 Å². The Balaban J connectivity index is 2.59. The Morgan fingerprint density at radius 1 is 1.67 bits per heavy atom. The van der Waals surface area contributed by atoms with Crippen molar-refractivity contribution in [2.24, 2.45) is 0 Å². The van der Waals surface area contributed by atoms with Crippen molar-refractivity contribution in [1.82, 2.24) is 4.90 Å². The zero-order valence-corrected chi connectivity index (χ0v) is 8.18. The lowest BCUT2D eigenvalue weighted by Crippen LogP contribution is -2.54. The molecule has 1 unspecified atom stereocenters. The summed E-state index contributed by atoms with van der Waals surface area (Å²) in [5.41, 5.74) is 0.229. The van der Waals surface area contributed by atoms with E-state index in [1.165, 1.54) is 0 Å². The largest absolute Gasteiger partial charge is 0.378 e. The molecule has 0 spiro atoms. The lowest BCUT2D eigenvalue weighted by molar-refractivity contribution is -0.0559. The van der Waals surface area contributed by atoms with Crippen molar-refractivity contribution in [3.8, 4) is 0 Å². The van der Waals surface area contributed by atoms with Crippen LogP contribution in [0, 0.1) is 0 Å². The minimum atomic E-state index is 0.229. The molecule has 1 heterocycles. The van der Waals surface area contributed by atoms with E-state index < -0.39 is 0 Å². The first-order valence-corrected chi connectivity index (χ1v) is 4.66. The van der Waals surface area contributed by atoms with Gasteiger partial charge >= 0.3 is 0 Å². The standard InChI is InChI=1S/C10H19NO/c1-4-6-11-7-8-12-9-10(11,3)5-2/h4H,1,5-9H2,2-3H3. The lowest BCUT2D eigenvalue weighted by atomic mass is 9.96. The Morgan fingerprint density at radius 3 is 3.00 bits per heavy atom. The molecular weight excluding hydrogens is 150 g/mol. The van der Waals surface area contributed by atoms with Gasteiger partial charge in [0.05, 0.1) is 13.2 Å². The van der Waals surface area contributed by atoms with Gasteiger partial charge in [-0.2, -0.15) is 0 Å². The highest BCUT2D eigenvalue weighted by Crippen LogP contribution is 2.22. The lowest BCUT2D eigenvalue weighted by Gasteiger charge is -2.43. The fraction of sp³-hybridized carbons (Fsp3) is 0.800. The summed E-state index contributed by atoms with van der Waals surface area (Å²) in [5.74, 6) is 0. The number of ether oxygens (including phenoxy) is 1. The van der Waals surface area contributed by atoms with Crippen LogP contribution in [-0.2, 0) is 4.74 Å². The summed E-state index contributed by atoms with van der Waals surface area (Å²) >= 11 is 0. The van der Waals surface area contributed by atoms with Gasteiger partial charge in [0.1, 0.15) is 0 Å². The maximum absolute atomic E-state index is 5.48. The van der Waals surface area contributed by atoms with Crippen molar-refractivity contribution in [2.45, 2.75) is 25.8 Å². The van der Waals surface area contributed by atoms with E-state index in [1.54, 1.807) is 0 Å². The van der Waals surface area contributed by atoms with Crippen LogP contribution in [0.5, 0.6) is 0 Å². The molecule has 0 aliphatic carbocycles. The molecule has 2 heteroatoms. The molecule has 2 nitrogen and oxygen atoms in total. The minimum absolute atomic E-state index is 0.229. The van der Waals surface area contributed by atoms with Gasteiger partial charge in [-0.1, -0.05) is 13.0 Å². The van der Waals surface area contributed by atoms with Crippen molar-refractivity contribution in [1.29, 1.82) is 0 Å². The highest BCUT2D eigenvalue weighted by Gasteiger charge is 2.32. The molecule has 1 atom stereocenters. The highest BCUT2D eigenvalue weighted by molar-refractivity contribution is 4.90. The van der Waals surface area contributed by atoms with Crippen LogP contribution in [-0.4, -0.2) is 36.7 Å². The fourth-order valence-corrected chi connectivity index (χ4v) is 1.62. The topological polar surface area (TPSA) is 12.5 Å². The molecule has 0 N–H and O–H groups in total. The third-order valence-corrected chi connectivity index (χ3v) is 2.79. The highest BCUT2D eigenvalue weighted by atomic mass is 16.5. The van der Waals surface area contributed by atoms with E-state index in [4.69, 9.17) is 4.74 Å². The molecule has 1 aliphatic rings. The first kappa shape index (κ1) is 9.75. The summed E-state index contributed by atoms with van der Waals surface area (Å²) in [6, 6.07) is 0. The van der Waals surface area contributed by atoms with E-state index in [2.05, 4.69) is 25.3 Å². The van der Waals surface area contributed by atoms with E-state index in [9.17, 15) is 0 Å². The number of morpholine rings is 1. The van der Waals surface area contributed by atoms with Gasteiger partial charge in [0.25, 0.3) is 0 Å². The first-order valence-electron chi connectivity index (χ1n) is 4.66. The fourth-order valence-electron chi connectivity index (χ4n) is 1.62. The quantitative estimate of drug-likeness (QED) is 0.596. The summed E-state index contributed by atoms with van der Waals surface area (Å²) in [5, 5.41) is 0. The summed E-state index contributed by atoms with van der Waals surface area (Å²) < 4.78 is 5.48. The minimum Gasteiger partial charge on any atom is -0.378 e. The molecule has 1 fully saturated rings. The van der Waals surface area contributed by atoms with E-state index in [-0.39, 0.29) is 5.54 Å². The number of hydrogen-bond acceptors (Lipinski definition) is 2. The normalized spacial score (nSPS) is 31.8. The van der Waals surface area contributed by atoms with Gasteiger partial charge in [-0.05, 0) is 13.3 Å². The van der Waals surface area contributed by atoms with Crippen LogP contribution in [0.2, 0.25) is 0 Å². The average Bonchev–Trinajstić information content (AvgIpc) is 2.10. The van der Waals surface area contributed by atoms with E-state index >= 15 is 0 Å². The molecule has 1 rings (SSSR count). The second-order valence-corrected chi connectivity index (χ2v) is 3.64. The van der Waals surface area contributed by atoms with Crippen LogP contribution in [0.4, 0.5) is 0 Å². The molecule has 70 valence electrons.